The van der Waals surface area contributed by atoms with Crippen LogP contribution < -0.4 is 10.6 Å². The molecule has 27 heavy (non-hydrogen) atoms. The van der Waals surface area contributed by atoms with E-state index in [-0.39, 0.29) is 24.5 Å². The van der Waals surface area contributed by atoms with Crippen molar-refractivity contribution in [1.82, 2.24) is 0 Å². The molecule has 0 atom stereocenters. The summed E-state index contributed by atoms with van der Waals surface area (Å²) in [6.07, 6.45) is 3.47. The fourth-order valence-electron chi connectivity index (χ4n) is 2.01. The summed E-state index contributed by atoms with van der Waals surface area (Å²) in [5, 5.41) is 5.29. The summed E-state index contributed by atoms with van der Waals surface area (Å²) in [4.78, 5) is 23.9. The highest BCUT2D eigenvalue weighted by atomic mass is 32.2. The van der Waals surface area contributed by atoms with Crippen molar-refractivity contribution in [3.63, 3.8) is 0 Å². The minimum Gasteiger partial charge on any atom is -0.444 e. The molecule has 0 saturated heterocycles. The Morgan fingerprint density at radius 3 is 2.26 bits per heavy atom. The molecule has 1 aromatic carbocycles. The van der Waals surface area contributed by atoms with Crippen molar-refractivity contribution < 1.29 is 27.3 Å². The second-order valence-corrected chi connectivity index (χ2v) is 8.40. The number of allylic oxidation sites excluding steroid dienone is 1. The maximum absolute atomic E-state index is 12.0. The van der Waals surface area contributed by atoms with Crippen molar-refractivity contribution in [3.8, 4) is 0 Å². The van der Waals surface area contributed by atoms with Crippen LogP contribution in [0.5, 0.6) is 0 Å². The lowest BCUT2D eigenvalue weighted by Crippen LogP contribution is -2.27. The van der Waals surface area contributed by atoms with Gasteiger partial charge < -0.3 is 10.1 Å². The quantitative estimate of drug-likeness (QED) is 0.349. The summed E-state index contributed by atoms with van der Waals surface area (Å²) in [6, 6.07) is 6.74. The minimum absolute atomic E-state index is 0.0899. The Morgan fingerprint density at radius 1 is 1.11 bits per heavy atom. The maximum Gasteiger partial charge on any atom is 0.412 e. The summed E-state index contributed by atoms with van der Waals surface area (Å²) < 4.78 is 35.0. The molecule has 0 heterocycles. The van der Waals surface area contributed by atoms with Gasteiger partial charge >= 0.3 is 6.09 Å². The van der Waals surface area contributed by atoms with Crippen molar-refractivity contribution >= 4 is 33.5 Å². The number of anilines is 2. The lowest BCUT2D eigenvalue weighted by Gasteiger charge is -2.20. The van der Waals surface area contributed by atoms with E-state index in [1.165, 1.54) is 0 Å². The number of rotatable bonds is 8. The lowest BCUT2D eigenvalue weighted by atomic mass is 10.2. The Labute approximate surface area is 159 Å². The molecule has 0 aliphatic rings. The number of ether oxygens (including phenoxy) is 1. The Balaban J connectivity index is 2.54. The molecule has 0 fully saturated rings. The first kappa shape index (κ1) is 22.7. The van der Waals surface area contributed by atoms with Gasteiger partial charge in [0.2, 0.25) is 5.91 Å². The Morgan fingerprint density at radius 2 is 1.70 bits per heavy atom. The number of nitrogens with one attached hydrogen (secondary N) is 2. The summed E-state index contributed by atoms with van der Waals surface area (Å²) in [5.74, 6) is -0.604. The van der Waals surface area contributed by atoms with Gasteiger partial charge in [-0.05, 0) is 45.7 Å². The van der Waals surface area contributed by atoms with Gasteiger partial charge in [-0.2, -0.15) is 8.42 Å². The fraction of sp³-hybridized carbons (Fsp3) is 0.444. The normalized spacial score (nSPS) is 12.0. The van der Waals surface area contributed by atoms with Crippen LogP contribution in [0.2, 0.25) is 0 Å². The van der Waals surface area contributed by atoms with E-state index in [2.05, 4.69) is 10.6 Å². The molecule has 0 spiro atoms. The number of hydrogen-bond donors (Lipinski definition) is 3. The third-order valence-corrected chi connectivity index (χ3v) is 3.88. The highest BCUT2D eigenvalue weighted by Crippen LogP contribution is 2.22. The molecule has 1 aromatic rings. The second-order valence-electron chi connectivity index (χ2n) is 6.82. The van der Waals surface area contributed by atoms with Crippen LogP contribution in [0.3, 0.4) is 0 Å². The highest BCUT2D eigenvalue weighted by Gasteiger charge is 2.17. The molecule has 9 heteroatoms. The molecule has 0 aliphatic carbocycles. The van der Waals surface area contributed by atoms with Gasteiger partial charge in [-0.15, -0.1) is 0 Å². The molecule has 0 saturated carbocycles. The minimum atomic E-state index is -3.95. The van der Waals surface area contributed by atoms with E-state index in [4.69, 9.17) is 9.29 Å². The molecule has 0 bridgehead atoms. The van der Waals surface area contributed by atoms with Crippen LogP contribution >= 0.6 is 0 Å². The number of para-hydroxylation sites is 2. The predicted octanol–water partition coefficient (Wildman–Crippen LogP) is 3.59. The molecule has 0 aromatic heterocycles. The van der Waals surface area contributed by atoms with Gasteiger partial charge in [0, 0.05) is 6.42 Å². The molecule has 8 nitrogen and oxygen atoms in total. The van der Waals surface area contributed by atoms with E-state index >= 15 is 0 Å². The van der Waals surface area contributed by atoms with Gasteiger partial charge in [0.15, 0.2) is 0 Å². The van der Waals surface area contributed by atoms with E-state index < -0.39 is 21.8 Å². The number of amides is 2. The molecule has 3 N–H and O–H groups in total. The summed E-state index contributed by atoms with van der Waals surface area (Å²) in [6.45, 7) is 5.26. The number of carbonyl (C=O) groups excluding carboxylic acids is 2. The third-order valence-electron chi connectivity index (χ3n) is 3.08. The summed E-state index contributed by atoms with van der Waals surface area (Å²) in [5.41, 5.74) is 0.216. The Kier molecular flexibility index (Phi) is 8.45. The third kappa shape index (κ3) is 11.0. The number of carbonyl (C=O) groups is 2. The first-order chi connectivity index (χ1) is 12.5. The number of hydrogen-bond acceptors (Lipinski definition) is 5. The van der Waals surface area contributed by atoms with Gasteiger partial charge in [0.25, 0.3) is 10.1 Å². The molecule has 0 unspecified atom stereocenters. The molecule has 0 aliphatic heterocycles. The van der Waals surface area contributed by atoms with E-state index in [0.717, 1.165) is 0 Å². The zero-order valence-electron chi connectivity index (χ0n) is 15.7. The van der Waals surface area contributed by atoms with Crippen LogP contribution in [0.25, 0.3) is 0 Å². The highest BCUT2D eigenvalue weighted by molar-refractivity contribution is 7.85. The topological polar surface area (TPSA) is 122 Å². The largest absolute Gasteiger partial charge is 0.444 e. The fourth-order valence-corrected chi connectivity index (χ4v) is 2.54. The smallest absolute Gasteiger partial charge is 0.412 e. The van der Waals surface area contributed by atoms with Crippen LogP contribution in [-0.4, -0.2) is 36.3 Å². The monoisotopic (exact) mass is 398 g/mol. The molecule has 0 radical (unpaired) electrons. The molecular formula is C18H26N2O6S. The van der Waals surface area contributed by atoms with E-state index in [0.29, 0.717) is 17.8 Å². The zero-order chi connectivity index (χ0) is 20.5. The van der Waals surface area contributed by atoms with Crippen LogP contribution in [0.15, 0.2) is 36.4 Å². The SMILES string of the molecule is CC(C)(C)OC(=O)Nc1ccccc1NC(=O)C/C=C/CCCS(=O)(=O)O. The molecule has 1 rings (SSSR count). The van der Waals surface area contributed by atoms with Crippen LogP contribution in [0.4, 0.5) is 16.2 Å². The van der Waals surface area contributed by atoms with E-state index in [1.807, 2.05) is 0 Å². The first-order valence-corrected chi connectivity index (χ1v) is 10.1. The van der Waals surface area contributed by atoms with Gasteiger partial charge in [-0.1, -0.05) is 24.3 Å². The summed E-state index contributed by atoms with van der Waals surface area (Å²) >= 11 is 0. The second kappa shape index (κ2) is 10.1. The van der Waals surface area contributed by atoms with Crippen molar-refractivity contribution in [2.75, 3.05) is 16.4 Å². The number of unbranched alkanes of at least 4 members (excludes halogenated alkanes) is 1. The predicted molar refractivity (Wildman–Crippen MR) is 104 cm³/mol. The van der Waals surface area contributed by atoms with Crippen LogP contribution in [0.1, 0.15) is 40.0 Å². The van der Waals surface area contributed by atoms with Crippen molar-refractivity contribution in [3.05, 3.63) is 36.4 Å². The summed E-state index contributed by atoms with van der Waals surface area (Å²) in [7, 11) is -3.95. The van der Waals surface area contributed by atoms with Crippen LogP contribution in [-0.2, 0) is 19.6 Å². The first-order valence-electron chi connectivity index (χ1n) is 8.45. The molecular weight excluding hydrogens is 372 g/mol. The van der Waals surface area contributed by atoms with E-state index in [1.54, 1.807) is 57.2 Å². The van der Waals surface area contributed by atoms with Gasteiger partial charge in [-0.3, -0.25) is 14.7 Å². The lowest BCUT2D eigenvalue weighted by molar-refractivity contribution is -0.115. The standard InChI is InChI=1S/C18H26N2O6S/c1-18(2,3)26-17(22)20-15-11-8-7-10-14(15)19-16(21)12-6-4-5-9-13-27(23,24)25/h4,6-8,10-11H,5,9,12-13H2,1-3H3,(H,19,21)(H,20,22)(H,23,24,25)/b6-4+. The van der Waals surface area contributed by atoms with Gasteiger partial charge in [-0.25, -0.2) is 4.79 Å². The molecule has 150 valence electrons. The van der Waals surface area contributed by atoms with E-state index in [9.17, 15) is 18.0 Å². The van der Waals surface area contributed by atoms with Crippen molar-refractivity contribution in [2.24, 2.45) is 0 Å². The van der Waals surface area contributed by atoms with Crippen molar-refractivity contribution in [1.29, 1.82) is 0 Å². The van der Waals surface area contributed by atoms with Gasteiger partial charge in [0.1, 0.15) is 5.60 Å². The Bertz CT molecular complexity index is 781. The van der Waals surface area contributed by atoms with Crippen LogP contribution in [0, 0.1) is 0 Å². The maximum atomic E-state index is 12.0. The average molecular weight is 398 g/mol. The van der Waals surface area contributed by atoms with Crippen molar-refractivity contribution in [2.45, 2.75) is 45.6 Å². The average Bonchev–Trinajstić information content (AvgIpc) is 2.49. The van der Waals surface area contributed by atoms with Gasteiger partial charge in [0.05, 0.1) is 17.1 Å². The zero-order valence-corrected chi connectivity index (χ0v) is 16.5. The number of benzene rings is 1. The molecule has 2 amide bonds. The Hall–Kier alpha value is -2.39.